The van der Waals surface area contributed by atoms with Crippen LogP contribution in [0.1, 0.15) is 41.4 Å². The Morgan fingerprint density at radius 3 is 1.64 bits per heavy atom. The van der Waals surface area contributed by atoms with Crippen molar-refractivity contribution < 1.29 is 47.6 Å². The van der Waals surface area contributed by atoms with Crippen molar-refractivity contribution in [2.24, 2.45) is 0 Å². The Morgan fingerprint density at radius 1 is 0.714 bits per heavy atom. The second-order valence-electron chi connectivity index (χ2n) is 4.98. The molecule has 0 spiro atoms. The number of methoxy groups -OCH3 is 2. The highest BCUT2D eigenvalue weighted by Gasteiger charge is 2.16. The molecule has 0 fully saturated rings. The Morgan fingerprint density at radius 2 is 1.18 bits per heavy atom. The van der Waals surface area contributed by atoms with Crippen LogP contribution in [0.25, 0.3) is 0 Å². The van der Waals surface area contributed by atoms with Gasteiger partial charge in [-0.3, -0.25) is 0 Å². The van der Waals surface area contributed by atoms with E-state index in [2.05, 4.69) is 9.47 Å². The van der Waals surface area contributed by atoms with E-state index in [1.165, 1.54) is 13.2 Å². The molecule has 148 valence electrons. The molecular formula is C18H14F2O8. The fourth-order valence-electron chi connectivity index (χ4n) is 1.86. The molecule has 0 amide bonds. The number of benzene rings is 2. The van der Waals surface area contributed by atoms with E-state index in [-0.39, 0.29) is 16.7 Å². The number of halogens is 2. The summed E-state index contributed by atoms with van der Waals surface area (Å²) in [4.78, 5) is 42.9. The van der Waals surface area contributed by atoms with Gasteiger partial charge in [0.15, 0.2) is 0 Å². The third kappa shape index (κ3) is 5.59. The first kappa shape index (κ1) is 22.2. The van der Waals surface area contributed by atoms with Gasteiger partial charge < -0.3 is 19.7 Å². The summed E-state index contributed by atoms with van der Waals surface area (Å²) < 4.78 is 34.6. The minimum atomic E-state index is -1.49. The number of carbonyl (C=O) groups is 4. The topological polar surface area (TPSA) is 127 Å². The molecule has 2 rings (SSSR count). The number of carboxylic acids is 2. The lowest BCUT2D eigenvalue weighted by atomic mass is 10.1. The van der Waals surface area contributed by atoms with E-state index in [9.17, 15) is 28.0 Å². The highest BCUT2D eigenvalue weighted by atomic mass is 19.1. The van der Waals surface area contributed by atoms with Crippen molar-refractivity contribution in [1.82, 2.24) is 0 Å². The van der Waals surface area contributed by atoms with Crippen LogP contribution in [0.2, 0.25) is 0 Å². The van der Waals surface area contributed by atoms with Crippen molar-refractivity contribution in [3.05, 3.63) is 70.3 Å². The Labute approximate surface area is 156 Å². The first-order valence-corrected chi connectivity index (χ1v) is 7.34. The highest BCUT2D eigenvalue weighted by molar-refractivity contribution is 5.95. The molecule has 0 aliphatic heterocycles. The summed E-state index contributed by atoms with van der Waals surface area (Å²) in [5.41, 5.74) is -1.08. The minimum absolute atomic E-state index is 0.0966. The van der Waals surface area contributed by atoms with Crippen LogP contribution in [0, 0.1) is 11.6 Å². The number of carboxylic acid groups (broad SMARTS) is 2. The number of esters is 2. The quantitative estimate of drug-likeness (QED) is 0.755. The summed E-state index contributed by atoms with van der Waals surface area (Å²) in [7, 11) is 2.33. The van der Waals surface area contributed by atoms with Crippen LogP contribution in [0.3, 0.4) is 0 Å². The van der Waals surface area contributed by atoms with Crippen molar-refractivity contribution in [3.63, 3.8) is 0 Å². The molecule has 0 bridgehead atoms. The van der Waals surface area contributed by atoms with Crippen molar-refractivity contribution in [3.8, 4) is 0 Å². The maximum Gasteiger partial charge on any atom is 0.340 e. The first-order valence-electron chi connectivity index (χ1n) is 7.34. The Bertz CT molecular complexity index is 924. The van der Waals surface area contributed by atoms with Gasteiger partial charge in [-0.15, -0.1) is 0 Å². The zero-order valence-corrected chi connectivity index (χ0v) is 14.6. The summed E-state index contributed by atoms with van der Waals surface area (Å²) in [6, 6.07) is 5.93. The molecule has 0 aromatic heterocycles. The molecule has 2 aromatic carbocycles. The van der Waals surface area contributed by atoms with Crippen LogP contribution in [-0.4, -0.2) is 48.3 Å². The van der Waals surface area contributed by atoms with Gasteiger partial charge in [0.1, 0.15) is 11.6 Å². The zero-order chi connectivity index (χ0) is 21.4. The van der Waals surface area contributed by atoms with Gasteiger partial charge in [-0.05, 0) is 36.4 Å². The van der Waals surface area contributed by atoms with E-state index < -0.39 is 41.1 Å². The number of hydrogen-bond donors (Lipinski definition) is 2. The fourth-order valence-corrected chi connectivity index (χ4v) is 1.86. The van der Waals surface area contributed by atoms with Crippen LogP contribution >= 0.6 is 0 Å². The Balaban J connectivity index is 0.000000283. The van der Waals surface area contributed by atoms with Crippen LogP contribution in [-0.2, 0) is 9.47 Å². The second kappa shape index (κ2) is 9.76. The molecule has 0 atom stereocenters. The molecule has 8 nitrogen and oxygen atoms in total. The van der Waals surface area contributed by atoms with Gasteiger partial charge in [0.05, 0.1) is 36.5 Å². The molecular weight excluding hydrogens is 382 g/mol. The third-order valence-electron chi connectivity index (χ3n) is 3.24. The summed E-state index contributed by atoms with van der Waals surface area (Å²) in [5, 5.41) is 16.9. The van der Waals surface area contributed by atoms with Gasteiger partial charge in [-0.2, -0.15) is 0 Å². The van der Waals surface area contributed by atoms with Crippen LogP contribution in [0.5, 0.6) is 0 Å². The van der Waals surface area contributed by atoms with Gasteiger partial charge in [-0.25, -0.2) is 28.0 Å². The monoisotopic (exact) mass is 396 g/mol. The van der Waals surface area contributed by atoms with Crippen LogP contribution < -0.4 is 0 Å². The number of aromatic carboxylic acids is 2. The predicted octanol–water partition coefficient (Wildman–Crippen LogP) is 2.62. The van der Waals surface area contributed by atoms with Gasteiger partial charge in [0.25, 0.3) is 0 Å². The summed E-state index contributed by atoms with van der Waals surface area (Å²) in [6.07, 6.45) is 0. The average molecular weight is 396 g/mol. The molecule has 2 aromatic rings. The van der Waals surface area contributed by atoms with E-state index in [4.69, 9.17) is 10.2 Å². The van der Waals surface area contributed by atoms with Crippen molar-refractivity contribution in [2.75, 3.05) is 14.2 Å². The average Bonchev–Trinajstić information content (AvgIpc) is 2.67. The Kier molecular flexibility index (Phi) is 7.75. The molecule has 0 aliphatic carbocycles. The van der Waals surface area contributed by atoms with Crippen molar-refractivity contribution >= 4 is 23.9 Å². The summed E-state index contributed by atoms with van der Waals surface area (Å²) in [6.45, 7) is 0. The number of hydrogen-bond acceptors (Lipinski definition) is 6. The van der Waals surface area contributed by atoms with E-state index in [1.54, 1.807) is 0 Å². The zero-order valence-electron chi connectivity index (χ0n) is 14.6. The van der Waals surface area contributed by atoms with Gasteiger partial charge >= 0.3 is 23.9 Å². The molecule has 28 heavy (non-hydrogen) atoms. The molecule has 2 N–H and O–H groups in total. The van der Waals surface area contributed by atoms with E-state index in [0.29, 0.717) is 0 Å². The smallest absolute Gasteiger partial charge is 0.340 e. The molecule has 0 saturated carbocycles. The summed E-state index contributed by atoms with van der Waals surface area (Å²) in [5.74, 6) is -5.94. The molecule has 0 heterocycles. The number of ether oxygens (including phenoxy) is 2. The predicted molar refractivity (Wildman–Crippen MR) is 89.4 cm³/mol. The first-order chi connectivity index (χ1) is 13.1. The molecule has 0 unspecified atom stereocenters. The highest BCUT2D eigenvalue weighted by Crippen LogP contribution is 2.13. The van der Waals surface area contributed by atoms with Crippen LogP contribution in [0.4, 0.5) is 8.78 Å². The number of rotatable bonds is 4. The molecule has 0 aliphatic rings. The van der Waals surface area contributed by atoms with Gasteiger partial charge in [-0.1, -0.05) is 0 Å². The largest absolute Gasteiger partial charge is 0.478 e. The van der Waals surface area contributed by atoms with E-state index in [0.717, 1.165) is 37.4 Å². The van der Waals surface area contributed by atoms with E-state index >= 15 is 0 Å². The lowest BCUT2D eigenvalue weighted by molar-refractivity contribution is 0.0591. The summed E-state index contributed by atoms with van der Waals surface area (Å²) >= 11 is 0. The van der Waals surface area contributed by atoms with Crippen LogP contribution in [0.15, 0.2) is 36.4 Å². The maximum atomic E-state index is 13.1. The minimum Gasteiger partial charge on any atom is -0.478 e. The third-order valence-corrected chi connectivity index (χ3v) is 3.24. The lowest BCUT2D eigenvalue weighted by Gasteiger charge is -2.03. The standard InChI is InChI=1S/C10H9FO4.C8H5FO4/c1-14-9(12)6-3-4-8(11)7(5-6)10(13)15-2;9-6-2-1-4(7(10)11)3-5(6)8(12)13/h3-5H,1-2H3;1-3H,(H,10,11)(H,12,13). The van der Waals surface area contributed by atoms with E-state index in [1.807, 2.05) is 0 Å². The molecule has 0 radical (unpaired) electrons. The SMILES string of the molecule is COC(=O)c1ccc(F)c(C(=O)OC)c1.O=C(O)c1ccc(F)c(C(=O)O)c1. The normalized spacial score (nSPS) is 9.57. The molecule has 0 saturated heterocycles. The van der Waals surface area contributed by atoms with Crippen molar-refractivity contribution in [1.29, 1.82) is 0 Å². The number of carbonyl (C=O) groups excluding carboxylic acids is 2. The Hall–Kier alpha value is -3.82. The lowest BCUT2D eigenvalue weighted by Crippen LogP contribution is -2.08. The maximum absolute atomic E-state index is 13.1. The van der Waals surface area contributed by atoms with Gasteiger partial charge in [0, 0.05) is 0 Å². The second-order valence-corrected chi connectivity index (χ2v) is 4.98. The van der Waals surface area contributed by atoms with Gasteiger partial charge in [0.2, 0.25) is 0 Å². The fraction of sp³-hybridized carbons (Fsp3) is 0.111. The van der Waals surface area contributed by atoms with Crippen molar-refractivity contribution in [2.45, 2.75) is 0 Å². The molecule has 10 heteroatoms.